The van der Waals surface area contributed by atoms with Crippen molar-refractivity contribution >= 4 is 50.3 Å². The van der Waals surface area contributed by atoms with E-state index in [2.05, 4.69) is 25.0 Å². The van der Waals surface area contributed by atoms with Crippen molar-refractivity contribution in [2.75, 3.05) is 20.0 Å². The summed E-state index contributed by atoms with van der Waals surface area (Å²) in [7, 11) is -2.91. The molecular formula is C11H13N5O8S2. The number of oxime groups is 1. The summed E-state index contributed by atoms with van der Waals surface area (Å²) in [5.74, 6) is -3.37. The third-order valence-corrected chi connectivity index (χ3v) is 4.77. The Morgan fingerprint density at radius 1 is 1.46 bits per heavy atom. The van der Waals surface area contributed by atoms with E-state index in [1.807, 2.05) is 0 Å². The molecule has 2 rings (SSSR count). The summed E-state index contributed by atoms with van der Waals surface area (Å²) < 4.78 is 35.8. The van der Waals surface area contributed by atoms with E-state index in [9.17, 15) is 22.8 Å². The zero-order valence-corrected chi connectivity index (χ0v) is 14.9. The zero-order chi connectivity index (χ0) is 19.6. The van der Waals surface area contributed by atoms with Gasteiger partial charge in [-0.2, -0.15) is 12.7 Å². The van der Waals surface area contributed by atoms with E-state index in [0.29, 0.717) is 0 Å². The fraction of sp³-hybridized carbons (Fsp3) is 0.364. The number of ether oxygens (including phenoxy) is 1. The van der Waals surface area contributed by atoms with Gasteiger partial charge in [-0.05, 0) is 0 Å². The molecule has 0 bridgehead atoms. The normalized spacial score (nSPS) is 20.3. The average Bonchev–Trinajstić information content (AvgIpc) is 2.98. The van der Waals surface area contributed by atoms with Crippen molar-refractivity contribution in [1.29, 1.82) is 0 Å². The Morgan fingerprint density at radius 3 is 2.58 bits per heavy atom. The maximum atomic E-state index is 12.4. The highest BCUT2D eigenvalue weighted by Gasteiger charge is 2.58. The van der Waals surface area contributed by atoms with Crippen LogP contribution >= 0.6 is 11.3 Å². The summed E-state index contributed by atoms with van der Waals surface area (Å²) in [6.45, 7) is 0. The molecule has 4 N–H and O–H groups in total. The van der Waals surface area contributed by atoms with E-state index in [-0.39, 0.29) is 20.8 Å². The van der Waals surface area contributed by atoms with Crippen LogP contribution in [0.4, 0.5) is 5.13 Å². The molecule has 1 aliphatic heterocycles. The van der Waals surface area contributed by atoms with Crippen molar-refractivity contribution in [3.8, 4) is 0 Å². The van der Waals surface area contributed by atoms with E-state index < -0.39 is 40.2 Å². The van der Waals surface area contributed by atoms with Gasteiger partial charge in [0.25, 0.3) is 11.8 Å². The molecule has 2 amide bonds. The predicted octanol–water partition coefficient (Wildman–Crippen LogP) is -2.25. The molecule has 0 unspecified atom stereocenters. The SMILES string of the molecule is CON=C(C(=O)N[C@H]1C(=O)N(S(=O)(=O)O)[C@@H]1C(=O)OC)c1csc(N)n1. The number of anilines is 1. The molecule has 0 aromatic carbocycles. The standard InChI is InChI=1S/C11H13N5O8S2/c1-23-10(19)7-6(9(18)16(7)26(20,21)22)14-8(17)5(15-24-2)4-3-25-11(12)13-4/h3,6-7H,1-2H3,(H2,12,13)(H,14,17)(H,20,21,22)/t6-,7+/m1/s1. The number of methoxy groups -OCH3 is 1. The summed E-state index contributed by atoms with van der Waals surface area (Å²) in [5, 5.41) is 7.16. The minimum Gasteiger partial charge on any atom is -0.467 e. The second kappa shape index (κ2) is 7.22. The van der Waals surface area contributed by atoms with Gasteiger partial charge >= 0.3 is 16.3 Å². The molecule has 1 aromatic heterocycles. The van der Waals surface area contributed by atoms with Gasteiger partial charge in [0.1, 0.15) is 18.8 Å². The molecule has 2 heterocycles. The van der Waals surface area contributed by atoms with Gasteiger partial charge in [0, 0.05) is 5.38 Å². The van der Waals surface area contributed by atoms with E-state index in [1.165, 1.54) is 5.38 Å². The number of amides is 2. The van der Waals surface area contributed by atoms with Crippen LogP contribution in [-0.4, -0.2) is 72.1 Å². The minimum atomic E-state index is -5.02. The molecule has 15 heteroatoms. The van der Waals surface area contributed by atoms with Crippen molar-refractivity contribution in [2.45, 2.75) is 12.1 Å². The van der Waals surface area contributed by atoms with Gasteiger partial charge in [0.05, 0.1) is 7.11 Å². The van der Waals surface area contributed by atoms with Crippen LogP contribution in [-0.2, 0) is 34.3 Å². The van der Waals surface area contributed by atoms with Crippen LogP contribution in [0.2, 0.25) is 0 Å². The quantitative estimate of drug-likeness (QED) is 0.152. The Labute approximate surface area is 150 Å². The van der Waals surface area contributed by atoms with Crippen molar-refractivity contribution in [3.05, 3.63) is 11.1 Å². The first kappa shape index (κ1) is 19.5. The number of thiazole rings is 1. The van der Waals surface area contributed by atoms with E-state index in [4.69, 9.17) is 10.3 Å². The first-order valence-electron chi connectivity index (χ1n) is 6.63. The highest BCUT2D eigenvalue weighted by Crippen LogP contribution is 2.25. The molecule has 1 fully saturated rings. The Balaban J connectivity index is 2.27. The molecule has 0 aliphatic carbocycles. The molecule has 0 spiro atoms. The van der Waals surface area contributed by atoms with Gasteiger partial charge in [-0.3, -0.25) is 14.1 Å². The summed E-state index contributed by atoms with van der Waals surface area (Å²) in [6, 6.07) is -3.37. The fourth-order valence-electron chi connectivity index (χ4n) is 2.11. The van der Waals surface area contributed by atoms with Gasteiger partial charge in [-0.1, -0.05) is 5.16 Å². The first-order valence-corrected chi connectivity index (χ1v) is 8.91. The third-order valence-electron chi connectivity index (χ3n) is 3.19. The van der Waals surface area contributed by atoms with E-state index in [1.54, 1.807) is 0 Å². The third kappa shape index (κ3) is 3.58. The van der Waals surface area contributed by atoms with Gasteiger partial charge in [0.15, 0.2) is 16.9 Å². The lowest BCUT2D eigenvalue weighted by atomic mass is 9.98. The smallest absolute Gasteiger partial charge is 0.363 e. The van der Waals surface area contributed by atoms with Crippen LogP contribution in [0.25, 0.3) is 0 Å². The second-order valence-electron chi connectivity index (χ2n) is 4.72. The number of hydrogen-bond acceptors (Lipinski definition) is 11. The largest absolute Gasteiger partial charge is 0.467 e. The lowest BCUT2D eigenvalue weighted by Crippen LogP contribution is -2.74. The molecule has 1 aliphatic rings. The van der Waals surface area contributed by atoms with E-state index >= 15 is 0 Å². The minimum absolute atomic E-state index is 0.0416. The van der Waals surface area contributed by atoms with Crippen molar-refractivity contribution in [3.63, 3.8) is 0 Å². The maximum Gasteiger partial charge on any atom is 0.363 e. The first-order chi connectivity index (χ1) is 12.1. The van der Waals surface area contributed by atoms with Gasteiger partial charge in [-0.15, -0.1) is 11.3 Å². The topological polar surface area (TPSA) is 191 Å². The summed E-state index contributed by atoms with van der Waals surface area (Å²) in [4.78, 5) is 44.5. The maximum absolute atomic E-state index is 12.4. The van der Waals surface area contributed by atoms with Crippen LogP contribution in [0.5, 0.6) is 0 Å². The molecule has 0 saturated carbocycles. The molecule has 26 heavy (non-hydrogen) atoms. The number of β-lactam (4-membered cyclic amide) rings is 1. The Kier molecular flexibility index (Phi) is 5.43. The second-order valence-corrected chi connectivity index (χ2v) is 6.90. The molecule has 2 atom stereocenters. The highest BCUT2D eigenvalue weighted by molar-refractivity contribution is 7.84. The number of nitrogens with two attached hydrogens (primary N) is 1. The highest BCUT2D eigenvalue weighted by atomic mass is 32.2. The Morgan fingerprint density at radius 2 is 2.12 bits per heavy atom. The molecular weight excluding hydrogens is 394 g/mol. The van der Waals surface area contributed by atoms with Crippen LogP contribution in [0.15, 0.2) is 10.5 Å². The Bertz CT molecular complexity index is 879. The monoisotopic (exact) mass is 407 g/mol. The summed E-state index contributed by atoms with van der Waals surface area (Å²) in [6.07, 6.45) is 0. The van der Waals surface area contributed by atoms with Crippen molar-refractivity contribution in [1.82, 2.24) is 14.6 Å². The molecule has 1 aromatic rings. The average molecular weight is 407 g/mol. The van der Waals surface area contributed by atoms with E-state index in [0.717, 1.165) is 25.6 Å². The van der Waals surface area contributed by atoms with Crippen molar-refractivity contribution in [2.24, 2.45) is 5.16 Å². The predicted molar refractivity (Wildman–Crippen MR) is 86.2 cm³/mol. The zero-order valence-electron chi connectivity index (χ0n) is 13.3. The van der Waals surface area contributed by atoms with Crippen LogP contribution in [0, 0.1) is 0 Å². The number of nitrogens with one attached hydrogen (secondary N) is 1. The van der Waals surface area contributed by atoms with Gasteiger partial charge < -0.3 is 20.6 Å². The number of carbonyl (C=O) groups is 3. The lowest BCUT2D eigenvalue weighted by Gasteiger charge is -2.41. The fourth-order valence-corrected chi connectivity index (χ4v) is 3.50. The lowest BCUT2D eigenvalue weighted by molar-refractivity contribution is -0.162. The molecule has 142 valence electrons. The summed E-state index contributed by atoms with van der Waals surface area (Å²) in [5.41, 5.74) is 5.17. The summed E-state index contributed by atoms with van der Waals surface area (Å²) >= 11 is 1.02. The van der Waals surface area contributed by atoms with Gasteiger partial charge in [-0.25, -0.2) is 9.78 Å². The Hall–Kier alpha value is -2.78. The number of nitrogens with zero attached hydrogens (tertiary/aromatic N) is 3. The molecule has 1 saturated heterocycles. The van der Waals surface area contributed by atoms with Crippen LogP contribution < -0.4 is 11.1 Å². The number of aromatic nitrogens is 1. The number of hydrogen-bond donors (Lipinski definition) is 3. The number of esters is 1. The van der Waals surface area contributed by atoms with Crippen molar-refractivity contribution < 1.29 is 36.9 Å². The number of rotatable bonds is 6. The van der Waals surface area contributed by atoms with Gasteiger partial charge in [0.2, 0.25) is 0 Å². The molecule has 13 nitrogen and oxygen atoms in total. The number of carbonyl (C=O) groups excluding carboxylic acids is 3. The molecule has 0 radical (unpaired) electrons. The number of nitrogen functional groups attached to an aromatic ring is 1. The van der Waals surface area contributed by atoms with Crippen LogP contribution in [0.3, 0.4) is 0 Å². The van der Waals surface area contributed by atoms with Crippen LogP contribution in [0.1, 0.15) is 5.69 Å².